The Balaban J connectivity index is 1.92. The molecule has 3 aliphatic rings. The van der Waals surface area contributed by atoms with E-state index in [9.17, 15) is 57.6 Å². The van der Waals surface area contributed by atoms with Gasteiger partial charge in [-0.15, -0.1) is 0 Å². The number of nitrogens with zero attached hydrogens (tertiary/aromatic N) is 1. The number of hydrogen-bond donors (Lipinski definition) is 8. The van der Waals surface area contributed by atoms with Gasteiger partial charge in [0.2, 0.25) is 12.2 Å². The second-order valence-corrected chi connectivity index (χ2v) is 19.1. The van der Waals surface area contributed by atoms with Crippen molar-refractivity contribution in [1.29, 1.82) is 0 Å². The zero-order valence-corrected chi connectivity index (χ0v) is 38.1. The normalized spacial score (nSPS) is 29.5. The molecule has 11 atom stereocenters. The summed E-state index contributed by atoms with van der Waals surface area (Å²) in [4.78, 5) is 63.9. The molecule has 24 heteroatoms. The molecule has 0 spiro atoms. The molecule has 8 N–H and O–H groups in total. The number of carbonyl (C=O) groups is 5. The Labute approximate surface area is 370 Å². The molecule has 3 rings (SSSR count). The molecule has 2 fully saturated rings. The van der Waals surface area contributed by atoms with Gasteiger partial charge in [0.05, 0.1) is 37.4 Å². The molecule has 0 aromatic carbocycles. The Morgan fingerprint density at radius 1 is 0.844 bits per heavy atom. The van der Waals surface area contributed by atoms with Crippen molar-refractivity contribution in [3.05, 3.63) is 11.8 Å². The first-order chi connectivity index (χ1) is 29.2. The first-order valence-electron chi connectivity index (χ1n) is 20.8. The van der Waals surface area contributed by atoms with E-state index in [1.54, 1.807) is 67.6 Å². The lowest BCUT2D eigenvalue weighted by Gasteiger charge is -2.49. The fourth-order valence-corrected chi connectivity index (χ4v) is 6.87. The number of aliphatic hydroxyl groups is 4. The van der Waals surface area contributed by atoms with Gasteiger partial charge in [-0.3, -0.25) is 9.59 Å². The fourth-order valence-electron chi connectivity index (χ4n) is 6.87. The fraction of sp³-hybridized carbons (Fsp3) is 0.825. The molecule has 1 aliphatic carbocycles. The molecule has 0 unspecified atom stereocenters. The van der Waals surface area contributed by atoms with E-state index >= 15 is 0 Å². The minimum atomic E-state index is -5.19. The Morgan fingerprint density at radius 2 is 1.44 bits per heavy atom. The topological polar surface area (TPSA) is 282 Å². The van der Waals surface area contributed by atoms with E-state index in [0.717, 1.165) is 4.90 Å². The summed E-state index contributed by atoms with van der Waals surface area (Å²) in [6.45, 7) is 14.5. The lowest BCUT2D eigenvalue weighted by Crippen LogP contribution is -2.68. The quantitative estimate of drug-likeness (QED) is 0.122. The first-order valence-corrected chi connectivity index (χ1v) is 20.8. The van der Waals surface area contributed by atoms with E-state index in [-0.39, 0.29) is 38.0 Å². The zero-order chi connectivity index (χ0) is 48.7. The summed E-state index contributed by atoms with van der Waals surface area (Å²) >= 11 is 0. The SMILES string of the molecule is CN(C(=O)OC(C)(C)C)[C@@H]1[C@@H](O)[C@@H](O[C@@H]2[C@@H](O)[C@H](O[C@H]3OC(CNC(=O)C(F)(F)F)=CC[C@H]3NC(=O)OC(C)(C)C)CC[C@H]2NC(=O)[C@@H](O)CCNC(=O)OC(C)(C)C)OC[C@]1(C)O. The molecule has 0 aromatic heterocycles. The lowest BCUT2D eigenvalue weighted by molar-refractivity contribution is -0.310. The summed E-state index contributed by atoms with van der Waals surface area (Å²) in [5, 5.41) is 55.0. The summed E-state index contributed by atoms with van der Waals surface area (Å²) in [5.41, 5.74) is -4.57. The number of amides is 5. The van der Waals surface area contributed by atoms with Crippen LogP contribution in [0.15, 0.2) is 11.8 Å². The Hall–Kier alpha value is -4.20. The van der Waals surface area contributed by atoms with Crippen LogP contribution in [-0.2, 0) is 42.7 Å². The number of likely N-dealkylation sites (N-methyl/N-ethyl adjacent to an activating group) is 1. The van der Waals surface area contributed by atoms with E-state index in [1.165, 1.54) is 20.0 Å². The number of rotatable bonds is 13. The van der Waals surface area contributed by atoms with E-state index in [1.807, 2.05) is 0 Å². The van der Waals surface area contributed by atoms with E-state index in [0.29, 0.717) is 0 Å². The third-order valence-electron chi connectivity index (χ3n) is 9.65. The van der Waals surface area contributed by atoms with Crippen LogP contribution >= 0.6 is 0 Å². The largest absolute Gasteiger partial charge is 0.471 e. The summed E-state index contributed by atoms with van der Waals surface area (Å²) < 4.78 is 78.8. The van der Waals surface area contributed by atoms with Crippen molar-refractivity contribution in [2.75, 3.05) is 26.7 Å². The lowest BCUT2D eigenvalue weighted by atomic mass is 9.86. The number of nitrogens with one attached hydrogen (secondary N) is 4. The van der Waals surface area contributed by atoms with Crippen LogP contribution in [0.4, 0.5) is 27.6 Å². The smallest absolute Gasteiger partial charge is 0.465 e. The van der Waals surface area contributed by atoms with Crippen molar-refractivity contribution in [3.63, 3.8) is 0 Å². The molecule has 368 valence electrons. The Bertz CT molecular complexity index is 1660. The highest BCUT2D eigenvalue weighted by molar-refractivity contribution is 5.82. The van der Waals surface area contributed by atoms with E-state index in [2.05, 4.69) is 16.0 Å². The molecular weight excluding hydrogens is 863 g/mol. The van der Waals surface area contributed by atoms with Gasteiger partial charge in [-0.25, -0.2) is 14.4 Å². The number of hydrogen-bond acceptors (Lipinski definition) is 16. The number of carbonyl (C=O) groups excluding carboxylic acids is 5. The van der Waals surface area contributed by atoms with Crippen LogP contribution in [0.2, 0.25) is 0 Å². The molecule has 2 aliphatic heterocycles. The maximum atomic E-state index is 13.4. The zero-order valence-electron chi connectivity index (χ0n) is 38.1. The average molecular weight is 930 g/mol. The van der Waals surface area contributed by atoms with Crippen LogP contribution < -0.4 is 21.3 Å². The summed E-state index contributed by atoms with van der Waals surface area (Å²) in [6.07, 6.45) is -18.4. The van der Waals surface area contributed by atoms with Gasteiger partial charge < -0.3 is 79.8 Å². The van der Waals surface area contributed by atoms with Gasteiger partial charge >= 0.3 is 30.4 Å². The van der Waals surface area contributed by atoms with Crippen LogP contribution in [0.3, 0.4) is 0 Å². The number of halogens is 3. The third kappa shape index (κ3) is 16.7. The number of alkyl halides is 3. The summed E-state index contributed by atoms with van der Waals surface area (Å²) in [7, 11) is 1.28. The van der Waals surface area contributed by atoms with E-state index < -0.39 is 133 Å². The van der Waals surface area contributed by atoms with E-state index in [4.69, 9.17) is 33.2 Å². The van der Waals surface area contributed by atoms with Crippen molar-refractivity contribution in [2.24, 2.45) is 0 Å². The van der Waals surface area contributed by atoms with Crippen LogP contribution in [-0.4, -0.2) is 172 Å². The molecule has 0 bridgehead atoms. The maximum absolute atomic E-state index is 13.4. The van der Waals surface area contributed by atoms with Gasteiger partial charge in [0.25, 0.3) is 0 Å². The van der Waals surface area contributed by atoms with Gasteiger partial charge in [-0.2, -0.15) is 13.2 Å². The van der Waals surface area contributed by atoms with Crippen molar-refractivity contribution in [3.8, 4) is 0 Å². The van der Waals surface area contributed by atoms with Crippen molar-refractivity contribution >= 4 is 30.1 Å². The maximum Gasteiger partial charge on any atom is 0.471 e. The summed E-state index contributed by atoms with van der Waals surface area (Å²) in [5.74, 6) is -3.36. The minimum Gasteiger partial charge on any atom is -0.465 e. The Morgan fingerprint density at radius 3 is 2.02 bits per heavy atom. The highest BCUT2D eigenvalue weighted by Gasteiger charge is 2.53. The van der Waals surface area contributed by atoms with Gasteiger partial charge in [-0.05, 0) is 101 Å². The monoisotopic (exact) mass is 929 g/mol. The van der Waals surface area contributed by atoms with Gasteiger partial charge in [0.1, 0.15) is 52.6 Å². The minimum absolute atomic E-state index is 0.0655. The highest BCUT2D eigenvalue weighted by atomic mass is 19.4. The molecule has 1 saturated heterocycles. The average Bonchev–Trinajstić information content (AvgIpc) is 3.11. The van der Waals surface area contributed by atoms with Crippen molar-refractivity contribution in [2.45, 2.75) is 185 Å². The Kier molecular flexibility index (Phi) is 18.1. The number of aliphatic hydroxyl groups excluding tert-OH is 3. The van der Waals surface area contributed by atoms with Crippen molar-refractivity contribution < 1.29 is 90.7 Å². The van der Waals surface area contributed by atoms with Gasteiger partial charge in [0, 0.05) is 13.6 Å². The highest BCUT2D eigenvalue weighted by Crippen LogP contribution is 2.34. The standard InChI is InChI=1S/C40H66F3N5O16/c1-36(2,3)62-33(54)44-17-16-23(49)29(52)46-21-14-15-24(25(50)27(21)61-31-26(51)28(39(10,57)19-58-31)48(11)35(56)64-38(7,8)9)60-30-22(47-34(55)63-37(4,5)6)13-12-20(59-30)18-45-32(53)40(41,42)43/h12,21-28,30-31,49-51,57H,13-19H2,1-11H3,(H,44,54)(H,45,53)(H,46,52)(H,47,55)/t21-,22-,23+,24-,25+,26-,27+,28-,30-,31-,39+/m1/s1. The second-order valence-electron chi connectivity index (χ2n) is 19.1. The molecule has 0 aromatic rings. The van der Waals surface area contributed by atoms with Crippen molar-refractivity contribution in [1.82, 2.24) is 26.2 Å². The number of ether oxygens (including phenoxy) is 7. The molecule has 21 nitrogen and oxygen atoms in total. The molecule has 2 heterocycles. The van der Waals surface area contributed by atoms with Gasteiger partial charge in [-0.1, -0.05) is 0 Å². The number of alkyl carbamates (subject to hydrolysis) is 2. The molecule has 5 amide bonds. The molecule has 1 saturated carbocycles. The first kappa shape index (κ1) is 54.1. The predicted octanol–water partition coefficient (Wildman–Crippen LogP) is 1.58. The van der Waals surface area contributed by atoms with Crippen LogP contribution in [0, 0.1) is 0 Å². The molecule has 64 heavy (non-hydrogen) atoms. The molecule has 0 radical (unpaired) electrons. The summed E-state index contributed by atoms with van der Waals surface area (Å²) in [6, 6.07) is -3.65. The van der Waals surface area contributed by atoms with Gasteiger partial charge in [0.15, 0.2) is 6.29 Å². The predicted molar refractivity (Wildman–Crippen MR) is 216 cm³/mol. The molecular formula is C40H66F3N5O16. The van der Waals surface area contributed by atoms with Crippen LogP contribution in [0.5, 0.6) is 0 Å². The third-order valence-corrected chi connectivity index (χ3v) is 9.65. The van der Waals surface area contributed by atoms with Crippen LogP contribution in [0.25, 0.3) is 0 Å². The van der Waals surface area contributed by atoms with Crippen LogP contribution in [0.1, 0.15) is 94.9 Å². The second kappa shape index (κ2) is 21.4.